The number of thioether (sulfide) groups is 1. The monoisotopic (exact) mass is 326 g/mol. The molecular formula is C17H14N2OS2. The second kappa shape index (κ2) is 6.77. The summed E-state index contributed by atoms with van der Waals surface area (Å²) in [7, 11) is 0. The Balaban J connectivity index is 1.86. The molecule has 3 aromatic rings. The molecule has 0 spiro atoms. The first-order chi connectivity index (χ1) is 10.8. The van der Waals surface area contributed by atoms with Crippen LogP contribution in [0.1, 0.15) is 9.67 Å². The van der Waals surface area contributed by atoms with Gasteiger partial charge in [0, 0.05) is 16.1 Å². The van der Waals surface area contributed by atoms with Gasteiger partial charge in [0.2, 0.25) is 0 Å². The average molecular weight is 326 g/mol. The Morgan fingerprint density at radius 3 is 2.73 bits per heavy atom. The summed E-state index contributed by atoms with van der Waals surface area (Å²) in [6.45, 7) is 0. The highest BCUT2D eigenvalue weighted by Crippen LogP contribution is 2.26. The van der Waals surface area contributed by atoms with E-state index < -0.39 is 0 Å². The first-order valence-corrected chi connectivity index (χ1v) is 8.82. The van der Waals surface area contributed by atoms with Gasteiger partial charge in [0.1, 0.15) is 4.88 Å². The van der Waals surface area contributed by atoms with Gasteiger partial charge in [-0.3, -0.25) is 4.79 Å². The van der Waals surface area contributed by atoms with Crippen molar-refractivity contribution in [2.45, 2.75) is 4.90 Å². The lowest BCUT2D eigenvalue weighted by Gasteiger charge is -2.06. The van der Waals surface area contributed by atoms with Crippen molar-refractivity contribution < 1.29 is 4.79 Å². The molecule has 0 bridgehead atoms. The van der Waals surface area contributed by atoms with Gasteiger partial charge in [-0.05, 0) is 24.5 Å². The highest BCUT2D eigenvalue weighted by atomic mass is 32.2. The van der Waals surface area contributed by atoms with Crippen molar-refractivity contribution >= 4 is 34.7 Å². The van der Waals surface area contributed by atoms with E-state index in [1.54, 1.807) is 17.3 Å². The van der Waals surface area contributed by atoms with Gasteiger partial charge in [-0.25, -0.2) is 4.98 Å². The Morgan fingerprint density at radius 2 is 1.95 bits per heavy atom. The lowest BCUT2D eigenvalue weighted by atomic mass is 10.1. The summed E-state index contributed by atoms with van der Waals surface area (Å²) in [6, 6.07) is 17.6. The van der Waals surface area contributed by atoms with Crippen molar-refractivity contribution in [2.75, 3.05) is 11.6 Å². The Morgan fingerprint density at radius 1 is 1.14 bits per heavy atom. The number of amides is 1. The van der Waals surface area contributed by atoms with E-state index in [4.69, 9.17) is 0 Å². The summed E-state index contributed by atoms with van der Waals surface area (Å²) < 4.78 is 0. The van der Waals surface area contributed by atoms with Crippen LogP contribution in [0.3, 0.4) is 0 Å². The van der Waals surface area contributed by atoms with Crippen molar-refractivity contribution in [1.82, 2.24) is 4.98 Å². The van der Waals surface area contributed by atoms with Crippen molar-refractivity contribution in [3.63, 3.8) is 0 Å². The van der Waals surface area contributed by atoms with Crippen LogP contribution in [0, 0.1) is 0 Å². The molecule has 110 valence electrons. The Hall–Kier alpha value is -2.11. The molecule has 0 fully saturated rings. The normalized spacial score (nSPS) is 10.4. The van der Waals surface area contributed by atoms with E-state index in [2.05, 4.69) is 10.3 Å². The van der Waals surface area contributed by atoms with E-state index in [0.717, 1.165) is 21.8 Å². The lowest BCUT2D eigenvalue weighted by molar-refractivity contribution is 0.103. The summed E-state index contributed by atoms with van der Waals surface area (Å²) in [5.41, 5.74) is 4.18. The maximum absolute atomic E-state index is 12.5. The second-order valence-electron chi connectivity index (χ2n) is 4.58. The smallest absolute Gasteiger partial charge is 0.268 e. The fourth-order valence-corrected chi connectivity index (χ4v) is 3.26. The number of carbonyl (C=O) groups is 1. The third-order valence-corrected chi connectivity index (χ3v) is 4.70. The summed E-state index contributed by atoms with van der Waals surface area (Å²) >= 11 is 3.00. The summed E-state index contributed by atoms with van der Waals surface area (Å²) in [4.78, 5) is 18.6. The zero-order valence-electron chi connectivity index (χ0n) is 11.9. The van der Waals surface area contributed by atoms with Crippen LogP contribution in [-0.4, -0.2) is 17.1 Å². The number of nitrogens with one attached hydrogen (secondary N) is 1. The van der Waals surface area contributed by atoms with E-state index in [0.29, 0.717) is 4.88 Å². The molecule has 3 nitrogen and oxygen atoms in total. The average Bonchev–Trinajstić information content (AvgIpc) is 3.05. The topological polar surface area (TPSA) is 42.0 Å². The van der Waals surface area contributed by atoms with Crippen molar-refractivity contribution in [3.8, 4) is 11.3 Å². The summed E-state index contributed by atoms with van der Waals surface area (Å²) in [6.07, 6.45) is 2.01. The number of thiazole rings is 1. The standard InChI is InChI=1S/C17H14N2OS2/c1-21-14-9-5-8-13(10-14)19-17(20)16-15(18-11-22-16)12-6-3-2-4-7-12/h2-11H,1H3,(H,19,20). The molecular weight excluding hydrogens is 312 g/mol. The van der Waals surface area contributed by atoms with E-state index in [1.165, 1.54) is 11.3 Å². The minimum absolute atomic E-state index is 0.125. The fraction of sp³-hybridized carbons (Fsp3) is 0.0588. The SMILES string of the molecule is CSc1cccc(NC(=O)c2scnc2-c2ccccc2)c1. The molecule has 5 heteroatoms. The van der Waals surface area contributed by atoms with Gasteiger partial charge in [0.05, 0.1) is 11.2 Å². The highest BCUT2D eigenvalue weighted by Gasteiger charge is 2.16. The number of rotatable bonds is 4. The molecule has 3 rings (SSSR count). The Labute approximate surface area is 137 Å². The van der Waals surface area contributed by atoms with Gasteiger partial charge in [0.25, 0.3) is 5.91 Å². The van der Waals surface area contributed by atoms with Gasteiger partial charge in [-0.2, -0.15) is 0 Å². The molecule has 0 saturated carbocycles. The third kappa shape index (κ3) is 3.21. The van der Waals surface area contributed by atoms with Gasteiger partial charge in [-0.1, -0.05) is 36.4 Å². The van der Waals surface area contributed by atoms with E-state index in [1.807, 2.05) is 60.9 Å². The van der Waals surface area contributed by atoms with Gasteiger partial charge in [0.15, 0.2) is 0 Å². The number of nitrogens with zero attached hydrogens (tertiary/aromatic N) is 1. The maximum atomic E-state index is 12.5. The molecule has 1 N–H and O–H groups in total. The molecule has 2 aromatic carbocycles. The van der Waals surface area contributed by atoms with Crippen LogP contribution < -0.4 is 5.32 Å². The number of carbonyl (C=O) groups excluding carboxylic acids is 1. The zero-order valence-corrected chi connectivity index (χ0v) is 13.6. The van der Waals surface area contributed by atoms with Crippen LogP contribution in [0.25, 0.3) is 11.3 Å². The van der Waals surface area contributed by atoms with Crippen LogP contribution >= 0.6 is 23.1 Å². The van der Waals surface area contributed by atoms with Gasteiger partial charge < -0.3 is 5.32 Å². The number of benzene rings is 2. The highest BCUT2D eigenvalue weighted by molar-refractivity contribution is 7.98. The third-order valence-electron chi connectivity index (χ3n) is 3.15. The zero-order chi connectivity index (χ0) is 15.4. The van der Waals surface area contributed by atoms with Crippen molar-refractivity contribution in [1.29, 1.82) is 0 Å². The van der Waals surface area contributed by atoms with E-state index in [9.17, 15) is 4.79 Å². The molecule has 0 aliphatic heterocycles. The van der Waals surface area contributed by atoms with Gasteiger partial charge in [-0.15, -0.1) is 23.1 Å². The number of hydrogen-bond acceptors (Lipinski definition) is 4. The summed E-state index contributed by atoms with van der Waals surface area (Å²) in [5, 5.41) is 2.95. The largest absolute Gasteiger partial charge is 0.321 e. The predicted octanol–water partition coefficient (Wildman–Crippen LogP) is 4.78. The molecule has 0 radical (unpaired) electrons. The van der Waals surface area contributed by atoms with Crippen LogP contribution in [0.5, 0.6) is 0 Å². The van der Waals surface area contributed by atoms with Crippen LogP contribution in [0.4, 0.5) is 5.69 Å². The maximum Gasteiger partial charge on any atom is 0.268 e. The fourth-order valence-electron chi connectivity index (χ4n) is 2.10. The van der Waals surface area contributed by atoms with Crippen molar-refractivity contribution in [3.05, 3.63) is 65.0 Å². The van der Waals surface area contributed by atoms with Crippen LogP contribution in [0.2, 0.25) is 0 Å². The number of anilines is 1. The molecule has 0 saturated heterocycles. The van der Waals surface area contributed by atoms with Crippen LogP contribution in [-0.2, 0) is 0 Å². The molecule has 1 aromatic heterocycles. The van der Waals surface area contributed by atoms with Gasteiger partial charge >= 0.3 is 0 Å². The molecule has 0 aliphatic carbocycles. The lowest BCUT2D eigenvalue weighted by Crippen LogP contribution is -2.11. The number of hydrogen-bond donors (Lipinski definition) is 1. The van der Waals surface area contributed by atoms with Crippen LogP contribution in [0.15, 0.2) is 65.0 Å². The Kier molecular flexibility index (Phi) is 4.56. The molecule has 0 aliphatic rings. The molecule has 1 heterocycles. The van der Waals surface area contributed by atoms with E-state index in [-0.39, 0.29) is 5.91 Å². The first-order valence-electron chi connectivity index (χ1n) is 6.72. The number of aromatic nitrogens is 1. The summed E-state index contributed by atoms with van der Waals surface area (Å²) in [5.74, 6) is -0.125. The predicted molar refractivity (Wildman–Crippen MR) is 93.7 cm³/mol. The minimum atomic E-state index is -0.125. The molecule has 22 heavy (non-hydrogen) atoms. The quantitative estimate of drug-likeness (QED) is 0.701. The second-order valence-corrected chi connectivity index (χ2v) is 6.32. The van der Waals surface area contributed by atoms with Crippen molar-refractivity contribution in [2.24, 2.45) is 0 Å². The first kappa shape index (κ1) is 14.8. The minimum Gasteiger partial charge on any atom is -0.321 e. The Bertz CT molecular complexity index is 784. The molecule has 1 amide bonds. The molecule has 0 atom stereocenters. The van der Waals surface area contributed by atoms with E-state index >= 15 is 0 Å². The molecule has 0 unspecified atom stereocenters.